The van der Waals surface area contributed by atoms with E-state index in [-0.39, 0.29) is 23.3 Å². The number of nitrogens with one attached hydrogen (secondary N) is 4. The lowest BCUT2D eigenvalue weighted by atomic mass is 10.0. The second-order valence-corrected chi connectivity index (χ2v) is 10.0. The summed E-state index contributed by atoms with van der Waals surface area (Å²) in [5, 5.41) is 23.1. The average Bonchev–Trinajstić information content (AvgIpc) is 3.37. The smallest absolute Gasteiger partial charge is 0.345 e. The molecule has 12 heteroatoms. The van der Waals surface area contributed by atoms with Crippen LogP contribution in [0.5, 0.6) is 0 Å². The van der Waals surface area contributed by atoms with Crippen LogP contribution in [0.15, 0.2) is 84.0 Å². The monoisotopic (exact) mass is 522 g/mol. The van der Waals surface area contributed by atoms with Crippen molar-refractivity contribution < 1.29 is 23.1 Å². The van der Waals surface area contributed by atoms with Gasteiger partial charge in [0, 0.05) is 23.7 Å². The van der Waals surface area contributed by atoms with E-state index in [2.05, 4.69) is 30.5 Å². The number of aliphatic carboxylic acids is 1. The third-order valence-electron chi connectivity index (χ3n) is 5.71. The summed E-state index contributed by atoms with van der Waals surface area (Å²) < 4.78 is 28.5. The number of carbonyl (C=O) groups excluding carboxylic acids is 1. The summed E-state index contributed by atoms with van der Waals surface area (Å²) in [4.78, 5) is 29.8. The van der Waals surface area contributed by atoms with Gasteiger partial charge >= 0.3 is 5.97 Å². The molecule has 2 aromatic carbocycles. The van der Waals surface area contributed by atoms with Crippen molar-refractivity contribution in [1.29, 1.82) is 0 Å². The van der Waals surface area contributed by atoms with E-state index in [0.29, 0.717) is 29.7 Å². The predicted molar refractivity (Wildman–Crippen MR) is 137 cm³/mol. The molecule has 0 spiro atoms. The molecule has 0 radical (unpaired) electrons. The lowest BCUT2D eigenvalue weighted by molar-refractivity contribution is -0.145. The highest BCUT2D eigenvalue weighted by Crippen LogP contribution is 2.20. The number of aromatic amines is 1. The Kier molecular flexibility index (Phi) is 7.80. The topological polar surface area (TPSA) is 166 Å². The molecule has 4 rings (SSSR count). The highest BCUT2D eigenvalue weighted by atomic mass is 32.2. The van der Waals surface area contributed by atoms with Crippen molar-refractivity contribution in [1.82, 2.24) is 25.2 Å². The van der Waals surface area contributed by atoms with Gasteiger partial charge in [0.25, 0.3) is 5.91 Å². The number of hydrogen-bond acceptors (Lipinski definition) is 7. The van der Waals surface area contributed by atoms with E-state index in [0.717, 1.165) is 0 Å². The standard InChI is InChI=1S/C25H26N6O5S/c32-23(18-11-12-21-19(16-18)17-28-30-21)29-25(24(33)34,31-37(35,36)20-8-2-1-3-9-20)13-5-7-15-27-22-10-4-6-14-26-22/h1-4,6,8-12,14,16-17,31H,5,7,13,15H2,(H,26,27)(H,28,30)(H,29,32)(H,33,34). The van der Waals surface area contributed by atoms with Crippen LogP contribution < -0.4 is 15.4 Å². The van der Waals surface area contributed by atoms with Crippen molar-refractivity contribution in [2.24, 2.45) is 0 Å². The Labute approximate surface area is 213 Å². The van der Waals surface area contributed by atoms with Crippen molar-refractivity contribution in [2.75, 3.05) is 11.9 Å². The van der Waals surface area contributed by atoms with Crippen LogP contribution in [-0.4, -0.2) is 52.8 Å². The highest BCUT2D eigenvalue weighted by molar-refractivity contribution is 7.89. The molecule has 11 nitrogen and oxygen atoms in total. The maximum atomic E-state index is 13.2. The van der Waals surface area contributed by atoms with Gasteiger partial charge < -0.3 is 15.7 Å². The predicted octanol–water partition coefficient (Wildman–Crippen LogP) is 2.73. The first-order valence-corrected chi connectivity index (χ1v) is 13.0. The summed E-state index contributed by atoms with van der Waals surface area (Å²) in [6.07, 6.45) is 3.76. The molecule has 0 saturated heterocycles. The lowest BCUT2D eigenvalue weighted by Crippen LogP contribution is -2.65. The van der Waals surface area contributed by atoms with Crippen LogP contribution in [0.1, 0.15) is 29.6 Å². The maximum Gasteiger partial charge on any atom is 0.345 e. The van der Waals surface area contributed by atoms with Crippen molar-refractivity contribution in [2.45, 2.75) is 29.8 Å². The molecule has 1 atom stereocenters. The molecule has 0 bridgehead atoms. The molecule has 4 aromatic rings. The van der Waals surface area contributed by atoms with Crippen molar-refractivity contribution >= 4 is 38.6 Å². The Hall–Kier alpha value is -4.29. The molecule has 0 aliphatic carbocycles. The van der Waals surface area contributed by atoms with Gasteiger partial charge in [-0.15, -0.1) is 0 Å². The van der Waals surface area contributed by atoms with Crippen molar-refractivity contribution in [3.05, 3.63) is 84.7 Å². The van der Waals surface area contributed by atoms with Crippen LogP contribution >= 0.6 is 0 Å². The molecular formula is C25H26N6O5S. The number of hydrogen-bond donors (Lipinski definition) is 5. The fraction of sp³-hybridized carbons (Fsp3) is 0.200. The van der Waals surface area contributed by atoms with E-state index in [4.69, 9.17) is 0 Å². The molecule has 192 valence electrons. The third kappa shape index (κ3) is 6.29. The average molecular weight is 523 g/mol. The Morgan fingerprint density at radius 3 is 2.51 bits per heavy atom. The van der Waals surface area contributed by atoms with Gasteiger partial charge in [0.05, 0.1) is 16.6 Å². The first-order valence-electron chi connectivity index (χ1n) is 11.5. The molecule has 37 heavy (non-hydrogen) atoms. The molecule has 0 saturated carbocycles. The number of pyridine rings is 1. The van der Waals surface area contributed by atoms with Crippen molar-refractivity contribution in [3.8, 4) is 0 Å². The number of nitrogens with zero attached hydrogens (tertiary/aromatic N) is 2. The second-order valence-electron chi connectivity index (χ2n) is 8.35. The summed E-state index contributed by atoms with van der Waals surface area (Å²) >= 11 is 0. The minimum atomic E-state index is -4.29. The van der Waals surface area contributed by atoms with Gasteiger partial charge in [0.15, 0.2) is 0 Å². The number of H-pyrrole nitrogens is 1. The maximum absolute atomic E-state index is 13.2. The number of amides is 1. The number of aromatic nitrogens is 3. The Bertz CT molecular complexity index is 1480. The summed E-state index contributed by atoms with van der Waals surface area (Å²) in [5.41, 5.74) is -1.43. The first kappa shape index (κ1) is 25.8. The fourth-order valence-corrected chi connectivity index (χ4v) is 5.11. The molecule has 1 amide bonds. The molecule has 2 aromatic heterocycles. The molecule has 5 N–H and O–H groups in total. The highest BCUT2D eigenvalue weighted by Gasteiger charge is 2.44. The summed E-state index contributed by atoms with van der Waals surface area (Å²) in [7, 11) is -4.29. The SMILES string of the molecule is O=C(NC(CCCCNc1ccccn1)(NS(=O)(=O)c1ccccc1)C(=O)O)c1ccc2[nH]ncc2c1. The minimum Gasteiger partial charge on any atom is -0.478 e. The normalized spacial score (nSPS) is 13.1. The zero-order chi connectivity index (χ0) is 26.3. The van der Waals surface area contributed by atoms with E-state index in [1.54, 1.807) is 36.5 Å². The molecule has 1 unspecified atom stereocenters. The fourth-order valence-electron chi connectivity index (χ4n) is 3.78. The van der Waals surface area contributed by atoms with Gasteiger partial charge in [-0.25, -0.2) is 18.2 Å². The van der Waals surface area contributed by atoms with Gasteiger partial charge in [-0.3, -0.25) is 9.89 Å². The number of fused-ring (bicyclic) bond motifs is 1. The summed E-state index contributed by atoms with van der Waals surface area (Å²) in [6.45, 7) is 0.475. The first-order chi connectivity index (χ1) is 17.8. The molecule has 0 aliphatic heterocycles. The van der Waals surface area contributed by atoms with Crippen LogP contribution in [0.3, 0.4) is 0 Å². The van der Waals surface area contributed by atoms with E-state index >= 15 is 0 Å². The van der Waals surface area contributed by atoms with Crippen LogP contribution in [0.2, 0.25) is 0 Å². The number of sulfonamides is 1. The number of carbonyl (C=O) groups is 2. The molecule has 0 aliphatic rings. The number of carboxylic acids is 1. The number of unbranched alkanes of at least 4 members (excludes halogenated alkanes) is 1. The van der Waals surface area contributed by atoms with Crippen LogP contribution in [0.25, 0.3) is 10.9 Å². The van der Waals surface area contributed by atoms with Crippen LogP contribution in [0, 0.1) is 0 Å². The van der Waals surface area contributed by atoms with E-state index in [9.17, 15) is 23.1 Å². The zero-order valence-electron chi connectivity index (χ0n) is 19.7. The second kappa shape index (κ2) is 11.2. The Morgan fingerprint density at radius 1 is 1.00 bits per heavy atom. The lowest BCUT2D eigenvalue weighted by Gasteiger charge is -2.31. The number of rotatable bonds is 12. The quantitative estimate of drug-likeness (QED) is 0.140. The molecular weight excluding hydrogens is 496 g/mol. The largest absolute Gasteiger partial charge is 0.478 e. The van der Waals surface area contributed by atoms with Gasteiger partial charge in [0.1, 0.15) is 5.82 Å². The number of anilines is 1. The Morgan fingerprint density at radius 2 is 1.78 bits per heavy atom. The van der Waals surface area contributed by atoms with E-state index < -0.39 is 27.6 Å². The van der Waals surface area contributed by atoms with Gasteiger partial charge in [-0.05, 0) is 61.7 Å². The minimum absolute atomic E-state index is 0.119. The number of benzene rings is 2. The van der Waals surface area contributed by atoms with Gasteiger partial charge in [-0.1, -0.05) is 24.3 Å². The van der Waals surface area contributed by atoms with Gasteiger partial charge in [-0.2, -0.15) is 9.82 Å². The van der Waals surface area contributed by atoms with E-state index in [1.165, 1.54) is 36.5 Å². The van der Waals surface area contributed by atoms with Gasteiger partial charge in [0.2, 0.25) is 15.7 Å². The van der Waals surface area contributed by atoms with Crippen LogP contribution in [-0.2, 0) is 14.8 Å². The van der Waals surface area contributed by atoms with Crippen molar-refractivity contribution in [3.63, 3.8) is 0 Å². The van der Waals surface area contributed by atoms with E-state index in [1.807, 2.05) is 6.07 Å². The third-order valence-corrected chi connectivity index (χ3v) is 7.22. The Balaban J connectivity index is 1.56. The molecule has 2 heterocycles. The zero-order valence-corrected chi connectivity index (χ0v) is 20.5. The summed E-state index contributed by atoms with van der Waals surface area (Å²) in [6, 6.07) is 17.5. The summed E-state index contributed by atoms with van der Waals surface area (Å²) in [5.74, 6) is -1.60. The molecule has 0 fully saturated rings. The number of carboxylic acid groups (broad SMARTS) is 1. The van der Waals surface area contributed by atoms with Crippen LogP contribution in [0.4, 0.5) is 5.82 Å².